The number of nitrogens with zero attached hydrogens (tertiary/aromatic N) is 3. The number of fused-ring (bicyclic) bond motifs is 1. The molecule has 17 heavy (non-hydrogen) atoms. The summed E-state index contributed by atoms with van der Waals surface area (Å²) < 4.78 is 5.53. The van der Waals surface area contributed by atoms with Gasteiger partial charge in [-0.15, -0.1) is 0 Å². The largest absolute Gasteiger partial charge is 0.417 e. The van der Waals surface area contributed by atoms with E-state index in [1.165, 1.54) is 11.9 Å². The molecule has 3 aromatic rings. The molecule has 0 aliphatic heterocycles. The van der Waals surface area contributed by atoms with E-state index < -0.39 is 0 Å². The number of halogens is 1. The molecule has 0 bridgehead atoms. The Morgan fingerprint density at radius 1 is 1.12 bits per heavy atom. The summed E-state index contributed by atoms with van der Waals surface area (Å²) in [6, 6.07) is 7.89. The normalized spacial score (nSPS) is 10.9. The van der Waals surface area contributed by atoms with E-state index in [1.807, 2.05) is 31.2 Å². The van der Waals surface area contributed by atoms with Gasteiger partial charge >= 0.3 is 0 Å². The summed E-state index contributed by atoms with van der Waals surface area (Å²) in [5, 5.41) is 0.303. The van der Waals surface area contributed by atoms with Crippen molar-refractivity contribution in [2.24, 2.45) is 0 Å². The topological polar surface area (TPSA) is 51.8 Å². The second kappa shape index (κ2) is 3.82. The van der Waals surface area contributed by atoms with Gasteiger partial charge in [0.2, 0.25) is 5.89 Å². The fourth-order valence-corrected chi connectivity index (χ4v) is 1.71. The first-order valence-electron chi connectivity index (χ1n) is 5.08. The highest BCUT2D eigenvalue weighted by Gasteiger charge is 2.11. The lowest BCUT2D eigenvalue weighted by Gasteiger charge is -1.94. The molecule has 0 spiro atoms. The zero-order valence-electron chi connectivity index (χ0n) is 9.01. The maximum Gasteiger partial charge on any atom is 0.252 e. The molecule has 0 atom stereocenters. The smallest absolute Gasteiger partial charge is 0.252 e. The number of aryl methyl sites for hydroxylation is 1. The highest BCUT2D eigenvalue weighted by Crippen LogP contribution is 2.25. The van der Waals surface area contributed by atoms with Crippen LogP contribution in [0.25, 0.3) is 22.7 Å². The fraction of sp³-hybridized carbons (Fsp3) is 0.0833. The minimum absolute atomic E-state index is 0.303. The summed E-state index contributed by atoms with van der Waals surface area (Å²) >= 11 is 5.91. The van der Waals surface area contributed by atoms with Crippen LogP contribution in [0.5, 0.6) is 0 Å². The number of aromatic nitrogens is 3. The van der Waals surface area contributed by atoms with Crippen molar-refractivity contribution in [1.29, 1.82) is 0 Å². The molecular formula is C12H8ClN3O. The molecule has 0 N–H and O–H groups in total. The quantitative estimate of drug-likeness (QED) is 0.618. The highest BCUT2D eigenvalue weighted by molar-refractivity contribution is 6.33. The van der Waals surface area contributed by atoms with E-state index in [4.69, 9.17) is 16.0 Å². The third-order valence-corrected chi connectivity index (χ3v) is 2.73. The lowest BCUT2D eigenvalue weighted by atomic mass is 10.1. The molecular weight excluding hydrogens is 238 g/mol. The van der Waals surface area contributed by atoms with Crippen molar-refractivity contribution in [3.05, 3.63) is 41.3 Å². The summed E-state index contributed by atoms with van der Waals surface area (Å²) in [5.41, 5.74) is 2.97. The number of hydrogen-bond donors (Lipinski definition) is 0. The summed E-state index contributed by atoms with van der Waals surface area (Å²) in [4.78, 5) is 12.1. The highest BCUT2D eigenvalue weighted by atomic mass is 35.5. The maximum absolute atomic E-state index is 5.91. The average Bonchev–Trinajstić information content (AvgIpc) is 2.75. The summed E-state index contributed by atoms with van der Waals surface area (Å²) in [6.07, 6.45) is 1.36. The Morgan fingerprint density at radius 2 is 1.88 bits per heavy atom. The van der Waals surface area contributed by atoms with E-state index in [9.17, 15) is 0 Å². The summed E-state index contributed by atoms with van der Waals surface area (Å²) in [6.45, 7) is 2.03. The molecule has 2 heterocycles. The van der Waals surface area contributed by atoms with Crippen molar-refractivity contribution in [3.8, 4) is 11.5 Å². The van der Waals surface area contributed by atoms with Crippen LogP contribution >= 0.6 is 11.6 Å². The summed E-state index contributed by atoms with van der Waals surface area (Å²) in [5.74, 6) is 0.502. The van der Waals surface area contributed by atoms with E-state index in [0.717, 1.165) is 5.56 Å². The van der Waals surface area contributed by atoms with Gasteiger partial charge in [-0.05, 0) is 19.1 Å². The van der Waals surface area contributed by atoms with Crippen molar-refractivity contribution in [2.75, 3.05) is 0 Å². The molecule has 0 fully saturated rings. The van der Waals surface area contributed by atoms with Crippen molar-refractivity contribution < 1.29 is 4.42 Å². The number of benzene rings is 1. The zero-order valence-corrected chi connectivity index (χ0v) is 9.77. The predicted molar refractivity (Wildman–Crippen MR) is 64.8 cm³/mol. The van der Waals surface area contributed by atoms with E-state index >= 15 is 0 Å². The SMILES string of the molecule is Cc1ccc(-c2nc3c(Cl)ncnc3o2)cc1. The van der Waals surface area contributed by atoms with Crippen LogP contribution in [-0.4, -0.2) is 15.0 Å². The zero-order chi connectivity index (χ0) is 11.8. The van der Waals surface area contributed by atoms with Gasteiger partial charge in [0.1, 0.15) is 6.33 Å². The third kappa shape index (κ3) is 1.76. The molecule has 1 aromatic carbocycles. The molecule has 2 aromatic heterocycles. The Morgan fingerprint density at radius 3 is 2.59 bits per heavy atom. The summed E-state index contributed by atoms with van der Waals surface area (Å²) in [7, 11) is 0. The number of rotatable bonds is 1. The molecule has 4 nitrogen and oxygen atoms in total. The van der Waals surface area contributed by atoms with Gasteiger partial charge in [-0.1, -0.05) is 29.3 Å². The minimum Gasteiger partial charge on any atom is -0.417 e. The van der Waals surface area contributed by atoms with Gasteiger partial charge in [0.25, 0.3) is 5.71 Å². The number of hydrogen-bond acceptors (Lipinski definition) is 4. The van der Waals surface area contributed by atoms with Crippen LogP contribution in [0.15, 0.2) is 35.0 Å². The lowest BCUT2D eigenvalue weighted by molar-refractivity contribution is 0.607. The molecule has 0 radical (unpaired) electrons. The molecule has 0 aliphatic rings. The monoisotopic (exact) mass is 245 g/mol. The van der Waals surface area contributed by atoms with Crippen LogP contribution in [-0.2, 0) is 0 Å². The van der Waals surface area contributed by atoms with E-state index in [2.05, 4.69) is 15.0 Å². The Hall–Kier alpha value is -1.94. The standard InChI is InChI=1S/C12H8ClN3O/c1-7-2-4-8(5-3-7)11-16-9-10(13)14-6-15-12(9)17-11/h2-6H,1H3. The first-order valence-corrected chi connectivity index (χ1v) is 5.46. The Labute approximate surface area is 102 Å². The minimum atomic E-state index is 0.303. The second-order valence-corrected chi connectivity index (χ2v) is 4.06. The Kier molecular flexibility index (Phi) is 2.30. The molecule has 0 saturated heterocycles. The average molecular weight is 246 g/mol. The van der Waals surface area contributed by atoms with Crippen LogP contribution in [0.1, 0.15) is 5.56 Å². The van der Waals surface area contributed by atoms with Crippen molar-refractivity contribution >= 4 is 22.8 Å². The molecule has 5 heteroatoms. The Bertz CT molecular complexity index is 676. The van der Waals surface area contributed by atoms with Gasteiger partial charge in [-0.2, -0.15) is 4.98 Å². The Balaban J connectivity index is 2.18. The maximum atomic E-state index is 5.91. The van der Waals surface area contributed by atoms with Crippen LogP contribution in [0.4, 0.5) is 0 Å². The van der Waals surface area contributed by atoms with Gasteiger partial charge in [-0.25, -0.2) is 9.97 Å². The molecule has 3 rings (SSSR count). The van der Waals surface area contributed by atoms with E-state index in [1.54, 1.807) is 0 Å². The fourth-order valence-electron chi connectivity index (χ4n) is 1.55. The van der Waals surface area contributed by atoms with Gasteiger partial charge in [0.15, 0.2) is 10.7 Å². The van der Waals surface area contributed by atoms with Crippen molar-refractivity contribution in [3.63, 3.8) is 0 Å². The molecule has 0 amide bonds. The van der Waals surface area contributed by atoms with Crippen molar-refractivity contribution in [2.45, 2.75) is 6.92 Å². The first kappa shape index (κ1) is 10.2. The molecule has 0 aliphatic carbocycles. The predicted octanol–water partition coefficient (Wildman–Crippen LogP) is 3.25. The van der Waals surface area contributed by atoms with Crippen LogP contribution in [0, 0.1) is 6.92 Å². The van der Waals surface area contributed by atoms with E-state index in [0.29, 0.717) is 22.3 Å². The van der Waals surface area contributed by atoms with Gasteiger partial charge in [0.05, 0.1) is 0 Å². The molecule has 0 saturated carbocycles. The second-order valence-electron chi connectivity index (χ2n) is 3.70. The van der Waals surface area contributed by atoms with Crippen LogP contribution in [0.3, 0.4) is 0 Å². The van der Waals surface area contributed by atoms with Gasteiger partial charge in [-0.3, -0.25) is 0 Å². The molecule has 84 valence electrons. The van der Waals surface area contributed by atoms with Crippen LogP contribution < -0.4 is 0 Å². The third-order valence-electron chi connectivity index (χ3n) is 2.45. The molecule has 0 unspecified atom stereocenters. The van der Waals surface area contributed by atoms with Crippen LogP contribution in [0.2, 0.25) is 5.15 Å². The first-order chi connectivity index (χ1) is 8.24. The van der Waals surface area contributed by atoms with E-state index in [-0.39, 0.29) is 0 Å². The number of oxazole rings is 1. The van der Waals surface area contributed by atoms with Gasteiger partial charge in [0, 0.05) is 5.56 Å². The lowest BCUT2D eigenvalue weighted by Crippen LogP contribution is -1.80. The van der Waals surface area contributed by atoms with Crippen molar-refractivity contribution in [1.82, 2.24) is 15.0 Å². The van der Waals surface area contributed by atoms with Gasteiger partial charge < -0.3 is 4.42 Å².